The zero-order valence-corrected chi connectivity index (χ0v) is 15.2. The van der Waals surface area contributed by atoms with Gasteiger partial charge in [0.15, 0.2) is 6.61 Å². The van der Waals surface area contributed by atoms with Crippen molar-refractivity contribution < 1.29 is 14.1 Å². The second-order valence-corrected chi connectivity index (χ2v) is 6.23. The van der Waals surface area contributed by atoms with Crippen molar-refractivity contribution in [2.45, 2.75) is 26.5 Å². The molecule has 0 aliphatic rings. The lowest BCUT2D eigenvalue weighted by Crippen LogP contribution is -2.26. The van der Waals surface area contributed by atoms with Gasteiger partial charge in [0.2, 0.25) is 11.7 Å². The molecule has 1 atom stereocenters. The van der Waals surface area contributed by atoms with Crippen molar-refractivity contribution in [2.75, 3.05) is 0 Å². The van der Waals surface area contributed by atoms with Crippen LogP contribution in [-0.2, 0) is 6.61 Å². The monoisotopic (exact) mass is 371 g/mol. The number of nitrogens with one attached hydrogen (secondary N) is 1. The van der Waals surface area contributed by atoms with E-state index >= 15 is 0 Å². The zero-order chi connectivity index (χ0) is 18.5. The van der Waals surface area contributed by atoms with E-state index in [2.05, 4.69) is 15.5 Å². The quantitative estimate of drug-likeness (QED) is 0.705. The molecular weight excluding hydrogens is 354 g/mol. The molecule has 26 heavy (non-hydrogen) atoms. The fourth-order valence-corrected chi connectivity index (χ4v) is 2.59. The maximum absolute atomic E-state index is 12.4. The van der Waals surface area contributed by atoms with Gasteiger partial charge in [0.25, 0.3) is 5.91 Å². The van der Waals surface area contributed by atoms with Crippen molar-refractivity contribution in [3.63, 3.8) is 0 Å². The van der Waals surface area contributed by atoms with E-state index in [1.54, 1.807) is 37.3 Å². The van der Waals surface area contributed by atoms with Gasteiger partial charge in [-0.1, -0.05) is 28.9 Å². The number of hydrogen-bond donors (Lipinski definition) is 1. The molecule has 134 valence electrons. The summed E-state index contributed by atoms with van der Waals surface area (Å²) in [6, 6.07) is 14.1. The average Bonchev–Trinajstić information content (AvgIpc) is 3.05. The van der Waals surface area contributed by atoms with Crippen LogP contribution in [0.1, 0.15) is 40.6 Å². The van der Waals surface area contributed by atoms with Gasteiger partial charge in [-0.15, -0.1) is 0 Å². The highest BCUT2D eigenvalue weighted by Crippen LogP contribution is 2.19. The molecule has 0 aliphatic heterocycles. The number of hydrogen-bond acceptors (Lipinski definition) is 5. The SMILES string of the molecule is Cc1nc(COc2ccc(C(=O)NC(C)c3cccc(Cl)c3)cc2)no1. The van der Waals surface area contributed by atoms with E-state index in [1.807, 2.05) is 25.1 Å². The third kappa shape index (κ3) is 4.61. The maximum atomic E-state index is 12.4. The highest BCUT2D eigenvalue weighted by molar-refractivity contribution is 6.30. The molecule has 3 aromatic rings. The average molecular weight is 372 g/mol. The molecule has 0 saturated carbocycles. The fraction of sp³-hybridized carbons (Fsp3) is 0.211. The third-order valence-electron chi connectivity index (χ3n) is 3.75. The molecule has 1 N–H and O–H groups in total. The Labute approximate surface area is 156 Å². The van der Waals surface area contributed by atoms with Gasteiger partial charge in [0.1, 0.15) is 5.75 Å². The van der Waals surface area contributed by atoms with Crippen molar-refractivity contribution in [1.29, 1.82) is 0 Å². The Morgan fingerprint density at radius 1 is 1.27 bits per heavy atom. The summed E-state index contributed by atoms with van der Waals surface area (Å²) in [6.07, 6.45) is 0. The summed E-state index contributed by atoms with van der Waals surface area (Å²) < 4.78 is 10.5. The summed E-state index contributed by atoms with van der Waals surface area (Å²) in [4.78, 5) is 16.5. The molecule has 0 saturated heterocycles. The first-order valence-electron chi connectivity index (χ1n) is 8.09. The van der Waals surface area contributed by atoms with Crippen LogP contribution < -0.4 is 10.1 Å². The Morgan fingerprint density at radius 2 is 2.04 bits per heavy atom. The third-order valence-corrected chi connectivity index (χ3v) is 3.99. The lowest BCUT2D eigenvalue weighted by atomic mass is 10.1. The highest BCUT2D eigenvalue weighted by atomic mass is 35.5. The van der Waals surface area contributed by atoms with Crippen molar-refractivity contribution in [1.82, 2.24) is 15.5 Å². The second-order valence-electron chi connectivity index (χ2n) is 5.79. The number of carbonyl (C=O) groups is 1. The summed E-state index contributed by atoms with van der Waals surface area (Å²) in [5.74, 6) is 1.41. The van der Waals surface area contributed by atoms with Gasteiger partial charge < -0.3 is 14.6 Å². The summed E-state index contributed by atoms with van der Waals surface area (Å²) in [5.41, 5.74) is 1.49. The number of ether oxygens (including phenoxy) is 1. The standard InChI is InChI=1S/C19H18ClN3O3/c1-12(15-4-3-5-16(20)10-15)21-19(24)14-6-8-17(9-7-14)25-11-18-22-13(2)26-23-18/h3-10,12H,11H2,1-2H3,(H,21,24). The van der Waals surface area contributed by atoms with Crippen molar-refractivity contribution in [3.05, 3.63) is 76.4 Å². The zero-order valence-electron chi connectivity index (χ0n) is 14.4. The normalized spacial score (nSPS) is 11.8. The van der Waals surface area contributed by atoms with Crippen LogP contribution in [0.25, 0.3) is 0 Å². The molecule has 2 aromatic carbocycles. The first-order valence-corrected chi connectivity index (χ1v) is 8.47. The molecular formula is C19H18ClN3O3. The number of aryl methyl sites for hydroxylation is 1. The second kappa shape index (κ2) is 8.01. The number of rotatable bonds is 6. The van der Waals surface area contributed by atoms with Crippen LogP contribution in [0.15, 0.2) is 53.1 Å². The minimum Gasteiger partial charge on any atom is -0.485 e. The fourth-order valence-electron chi connectivity index (χ4n) is 2.39. The number of nitrogens with zero attached hydrogens (tertiary/aromatic N) is 2. The maximum Gasteiger partial charge on any atom is 0.251 e. The van der Waals surface area contributed by atoms with E-state index < -0.39 is 0 Å². The van der Waals surface area contributed by atoms with Crippen LogP contribution >= 0.6 is 11.6 Å². The number of benzene rings is 2. The van der Waals surface area contributed by atoms with Gasteiger partial charge in [-0.3, -0.25) is 4.79 Å². The molecule has 7 heteroatoms. The lowest BCUT2D eigenvalue weighted by Gasteiger charge is -2.15. The van der Waals surface area contributed by atoms with Crippen molar-refractivity contribution in [2.24, 2.45) is 0 Å². The molecule has 6 nitrogen and oxygen atoms in total. The minimum absolute atomic E-state index is 0.154. The van der Waals surface area contributed by atoms with Crippen LogP contribution in [0.3, 0.4) is 0 Å². The first kappa shape index (κ1) is 17.9. The Morgan fingerprint density at radius 3 is 2.69 bits per heavy atom. The summed E-state index contributed by atoms with van der Waals surface area (Å²) >= 11 is 5.99. The van der Waals surface area contributed by atoms with Crippen molar-refractivity contribution in [3.8, 4) is 5.75 Å². The number of carbonyl (C=O) groups excluding carboxylic acids is 1. The van der Waals surface area contributed by atoms with E-state index in [0.29, 0.717) is 28.1 Å². The van der Waals surface area contributed by atoms with E-state index in [9.17, 15) is 4.79 Å². The summed E-state index contributed by atoms with van der Waals surface area (Å²) in [5, 5.41) is 7.35. The molecule has 1 unspecified atom stereocenters. The van der Waals surface area contributed by atoms with E-state index in [-0.39, 0.29) is 18.6 Å². The van der Waals surface area contributed by atoms with Gasteiger partial charge in [0.05, 0.1) is 6.04 Å². The summed E-state index contributed by atoms with van der Waals surface area (Å²) in [6.45, 7) is 3.83. The van der Waals surface area contributed by atoms with Crippen LogP contribution in [0.2, 0.25) is 5.02 Å². The Kier molecular flexibility index (Phi) is 5.53. The molecule has 0 fully saturated rings. The van der Waals surface area contributed by atoms with Gasteiger partial charge in [-0.25, -0.2) is 0 Å². The van der Waals surface area contributed by atoms with Gasteiger partial charge >= 0.3 is 0 Å². The molecule has 0 aliphatic carbocycles. The highest BCUT2D eigenvalue weighted by Gasteiger charge is 2.12. The molecule has 0 radical (unpaired) electrons. The topological polar surface area (TPSA) is 77.2 Å². The molecule has 1 amide bonds. The van der Waals surface area contributed by atoms with E-state index in [4.69, 9.17) is 20.9 Å². The Hall–Kier alpha value is -2.86. The molecule has 1 aromatic heterocycles. The van der Waals surface area contributed by atoms with E-state index in [1.165, 1.54) is 0 Å². The lowest BCUT2D eigenvalue weighted by molar-refractivity contribution is 0.0940. The molecule has 1 heterocycles. The van der Waals surface area contributed by atoms with Crippen LogP contribution in [0.5, 0.6) is 5.75 Å². The predicted molar refractivity (Wildman–Crippen MR) is 97.1 cm³/mol. The largest absolute Gasteiger partial charge is 0.485 e. The minimum atomic E-state index is -0.169. The van der Waals surface area contributed by atoms with Crippen LogP contribution in [-0.4, -0.2) is 16.0 Å². The summed E-state index contributed by atoms with van der Waals surface area (Å²) in [7, 11) is 0. The smallest absolute Gasteiger partial charge is 0.251 e. The van der Waals surface area contributed by atoms with Crippen molar-refractivity contribution >= 4 is 17.5 Å². The Bertz CT molecular complexity index is 893. The number of halogens is 1. The first-order chi connectivity index (χ1) is 12.5. The predicted octanol–water partition coefficient (Wildman–Crippen LogP) is 4.10. The molecule has 0 bridgehead atoms. The molecule has 3 rings (SSSR count). The number of amides is 1. The van der Waals surface area contributed by atoms with Crippen LogP contribution in [0, 0.1) is 6.92 Å². The Balaban J connectivity index is 1.58. The van der Waals surface area contributed by atoms with Gasteiger partial charge in [-0.05, 0) is 48.9 Å². The van der Waals surface area contributed by atoms with Gasteiger partial charge in [-0.2, -0.15) is 4.98 Å². The van der Waals surface area contributed by atoms with E-state index in [0.717, 1.165) is 5.56 Å². The van der Waals surface area contributed by atoms with Crippen LogP contribution in [0.4, 0.5) is 0 Å². The molecule has 0 spiro atoms. The van der Waals surface area contributed by atoms with Gasteiger partial charge in [0, 0.05) is 17.5 Å². The number of aromatic nitrogens is 2.